The molecular weight excluding hydrogens is 274 g/mol. The normalized spacial score (nSPS) is 16.2. The third-order valence-corrected chi connectivity index (χ3v) is 4.13. The van der Waals surface area contributed by atoms with E-state index in [1.165, 1.54) is 18.2 Å². The molecule has 0 fully saturated rings. The smallest absolute Gasteiger partial charge is 0.325 e. The molecule has 0 aromatic heterocycles. The van der Waals surface area contributed by atoms with Crippen LogP contribution in [0.2, 0.25) is 0 Å². The van der Waals surface area contributed by atoms with Crippen LogP contribution >= 0.6 is 0 Å². The van der Waals surface area contributed by atoms with E-state index in [1.807, 2.05) is 42.5 Å². The Kier molecular flexibility index (Phi) is 3.96. The van der Waals surface area contributed by atoms with Gasteiger partial charge in [-0.1, -0.05) is 49.0 Å². The van der Waals surface area contributed by atoms with Crippen molar-refractivity contribution >= 4 is 17.2 Å². The minimum Gasteiger partial charge on any atom is -0.468 e. The fraction of sp³-hybridized carbons (Fsp3) is 0.211. The molecule has 2 aromatic rings. The van der Waals surface area contributed by atoms with Crippen LogP contribution in [0.4, 0.5) is 5.69 Å². The first kappa shape index (κ1) is 14.4. The van der Waals surface area contributed by atoms with E-state index in [4.69, 9.17) is 4.74 Å². The lowest BCUT2D eigenvalue weighted by Gasteiger charge is -2.30. The van der Waals surface area contributed by atoms with E-state index in [-0.39, 0.29) is 18.6 Å². The van der Waals surface area contributed by atoms with Gasteiger partial charge in [-0.2, -0.15) is 0 Å². The summed E-state index contributed by atoms with van der Waals surface area (Å²) in [6.07, 6.45) is 0.825. The summed E-state index contributed by atoms with van der Waals surface area (Å²) in [6, 6.07) is 18.4. The van der Waals surface area contributed by atoms with Crippen LogP contribution in [0.5, 0.6) is 0 Å². The Morgan fingerprint density at radius 2 is 1.86 bits per heavy atom. The van der Waals surface area contributed by atoms with E-state index in [9.17, 15) is 4.79 Å². The highest BCUT2D eigenvalue weighted by Gasteiger charge is 2.31. The highest BCUT2D eigenvalue weighted by Crippen LogP contribution is 2.43. The first-order chi connectivity index (χ1) is 10.7. The summed E-state index contributed by atoms with van der Waals surface area (Å²) < 4.78 is 4.87. The van der Waals surface area contributed by atoms with Crippen molar-refractivity contribution in [1.29, 1.82) is 0 Å². The molecular formula is C19H19NO2. The molecule has 1 aliphatic carbocycles. The number of hydrogen-bond acceptors (Lipinski definition) is 3. The quantitative estimate of drug-likeness (QED) is 0.803. The molecule has 0 bridgehead atoms. The van der Waals surface area contributed by atoms with Crippen molar-refractivity contribution in [2.24, 2.45) is 0 Å². The lowest BCUT2D eigenvalue weighted by atomic mass is 10.1. The van der Waals surface area contributed by atoms with Gasteiger partial charge in [0.2, 0.25) is 0 Å². The molecule has 3 nitrogen and oxygen atoms in total. The monoisotopic (exact) mass is 293 g/mol. The minimum absolute atomic E-state index is 0.116. The van der Waals surface area contributed by atoms with Gasteiger partial charge in [0.25, 0.3) is 0 Å². The SMILES string of the molecule is C=C1CC(N(CC(=O)OC)c2ccccc2)c2ccccc21. The Labute approximate surface area is 130 Å². The van der Waals surface area contributed by atoms with Gasteiger partial charge < -0.3 is 9.64 Å². The van der Waals surface area contributed by atoms with Gasteiger partial charge in [0.15, 0.2) is 0 Å². The number of hydrogen-bond donors (Lipinski definition) is 0. The number of nitrogens with zero attached hydrogens (tertiary/aromatic N) is 1. The number of anilines is 1. The van der Waals surface area contributed by atoms with E-state index in [1.54, 1.807) is 0 Å². The van der Waals surface area contributed by atoms with Crippen molar-refractivity contribution in [2.75, 3.05) is 18.6 Å². The van der Waals surface area contributed by atoms with Crippen molar-refractivity contribution in [3.05, 3.63) is 72.3 Å². The van der Waals surface area contributed by atoms with Crippen LogP contribution in [0.3, 0.4) is 0 Å². The summed E-state index contributed by atoms with van der Waals surface area (Å²) in [5.74, 6) is -0.237. The van der Waals surface area contributed by atoms with Crippen LogP contribution in [0.25, 0.3) is 5.57 Å². The molecule has 1 atom stereocenters. The zero-order valence-electron chi connectivity index (χ0n) is 12.7. The van der Waals surface area contributed by atoms with Crippen molar-refractivity contribution in [3.8, 4) is 0 Å². The van der Waals surface area contributed by atoms with Crippen molar-refractivity contribution < 1.29 is 9.53 Å². The maximum absolute atomic E-state index is 11.9. The van der Waals surface area contributed by atoms with Crippen LogP contribution in [0.1, 0.15) is 23.6 Å². The predicted molar refractivity (Wildman–Crippen MR) is 88.6 cm³/mol. The molecule has 22 heavy (non-hydrogen) atoms. The molecule has 0 saturated heterocycles. The second-order valence-corrected chi connectivity index (χ2v) is 5.45. The topological polar surface area (TPSA) is 29.5 Å². The lowest BCUT2D eigenvalue weighted by Crippen LogP contribution is -2.33. The summed E-state index contributed by atoms with van der Waals surface area (Å²) in [6.45, 7) is 4.41. The number of methoxy groups -OCH3 is 1. The van der Waals surface area contributed by atoms with Crippen molar-refractivity contribution in [3.63, 3.8) is 0 Å². The third-order valence-electron chi connectivity index (χ3n) is 4.13. The standard InChI is InChI=1S/C19H19NO2/c1-14-12-18(17-11-7-6-10-16(14)17)20(13-19(21)22-2)15-8-4-3-5-9-15/h3-11,18H,1,12-13H2,2H3. The molecule has 1 aliphatic rings. The van der Waals surface area contributed by atoms with Gasteiger partial charge in [-0.05, 0) is 35.3 Å². The number of fused-ring (bicyclic) bond motifs is 1. The van der Waals surface area contributed by atoms with Crippen LogP contribution in [-0.4, -0.2) is 19.6 Å². The molecule has 0 spiro atoms. The first-order valence-electron chi connectivity index (χ1n) is 7.36. The highest BCUT2D eigenvalue weighted by molar-refractivity contribution is 5.79. The van der Waals surface area contributed by atoms with E-state index in [0.29, 0.717) is 0 Å². The van der Waals surface area contributed by atoms with Gasteiger partial charge in [0, 0.05) is 5.69 Å². The Hall–Kier alpha value is -2.55. The number of carbonyl (C=O) groups is 1. The van der Waals surface area contributed by atoms with Crippen LogP contribution in [-0.2, 0) is 9.53 Å². The van der Waals surface area contributed by atoms with Crippen LogP contribution in [0.15, 0.2) is 61.2 Å². The molecule has 0 saturated carbocycles. The first-order valence-corrected chi connectivity index (χ1v) is 7.36. The molecule has 0 heterocycles. The van der Waals surface area contributed by atoms with Gasteiger partial charge in [-0.15, -0.1) is 0 Å². The number of benzene rings is 2. The second-order valence-electron chi connectivity index (χ2n) is 5.45. The lowest BCUT2D eigenvalue weighted by molar-refractivity contribution is -0.139. The van der Waals surface area contributed by atoms with Gasteiger partial charge in [-0.3, -0.25) is 4.79 Å². The summed E-state index contributed by atoms with van der Waals surface area (Å²) in [5.41, 5.74) is 4.55. The van der Waals surface area contributed by atoms with Crippen molar-refractivity contribution in [1.82, 2.24) is 0 Å². The average molecular weight is 293 g/mol. The molecule has 0 N–H and O–H groups in total. The predicted octanol–water partition coefficient (Wildman–Crippen LogP) is 3.82. The zero-order chi connectivity index (χ0) is 15.5. The van der Waals surface area contributed by atoms with Crippen LogP contribution < -0.4 is 4.90 Å². The summed E-state index contributed by atoms with van der Waals surface area (Å²) in [7, 11) is 1.42. The summed E-state index contributed by atoms with van der Waals surface area (Å²) in [5, 5.41) is 0. The Morgan fingerprint density at radius 3 is 2.59 bits per heavy atom. The second kappa shape index (κ2) is 6.06. The van der Waals surface area contributed by atoms with E-state index >= 15 is 0 Å². The number of para-hydroxylation sites is 1. The van der Waals surface area contributed by atoms with Gasteiger partial charge in [0.1, 0.15) is 6.54 Å². The number of esters is 1. The molecule has 0 amide bonds. The Morgan fingerprint density at radius 1 is 1.18 bits per heavy atom. The average Bonchev–Trinajstić information content (AvgIpc) is 2.90. The third kappa shape index (κ3) is 2.62. The minimum atomic E-state index is -0.237. The number of rotatable bonds is 4. The van der Waals surface area contributed by atoms with Gasteiger partial charge in [0.05, 0.1) is 13.2 Å². The van der Waals surface area contributed by atoms with Crippen molar-refractivity contribution in [2.45, 2.75) is 12.5 Å². The fourth-order valence-corrected chi connectivity index (χ4v) is 3.05. The van der Waals surface area contributed by atoms with Gasteiger partial charge >= 0.3 is 5.97 Å². The van der Waals surface area contributed by atoms with E-state index < -0.39 is 0 Å². The molecule has 2 aromatic carbocycles. The number of ether oxygens (including phenoxy) is 1. The molecule has 0 radical (unpaired) electrons. The Bertz CT molecular complexity index is 694. The summed E-state index contributed by atoms with van der Waals surface area (Å²) in [4.78, 5) is 14.0. The zero-order valence-corrected chi connectivity index (χ0v) is 12.7. The van der Waals surface area contributed by atoms with E-state index in [0.717, 1.165) is 17.7 Å². The fourth-order valence-electron chi connectivity index (χ4n) is 3.05. The Balaban J connectivity index is 2.00. The molecule has 3 rings (SSSR count). The maximum atomic E-state index is 11.9. The molecule has 0 aliphatic heterocycles. The molecule has 112 valence electrons. The largest absolute Gasteiger partial charge is 0.468 e. The van der Waals surface area contributed by atoms with Crippen LogP contribution in [0, 0.1) is 0 Å². The maximum Gasteiger partial charge on any atom is 0.325 e. The summed E-state index contributed by atoms with van der Waals surface area (Å²) >= 11 is 0. The highest BCUT2D eigenvalue weighted by atomic mass is 16.5. The molecule has 3 heteroatoms. The van der Waals surface area contributed by atoms with Gasteiger partial charge in [-0.25, -0.2) is 0 Å². The molecule has 1 unspecified atom stereocenters. The van der Waals surface area contributed by atoms with E-state index in [2.05, 4.69) is 23.6 Å². The number of carbonyl (C=O) groups excluding carboxylic acids is 1.